The fourth-order valence-electron chi connectivity index (χ4n) is 2.99. The molecule has 0 aliphatic rings. The topological polar surface area (TPSA) is 110 Å². The summed E-state index contributed by atoms with van der Waals surface area (Å²) in [7, 11) is 1.30. The average Bonchev–Trinajstić information content (AvgIpc) is 3.18. The predicted octanol–water partition coefficient (Wildman–Crippen LogP) is 3.54. The molecule has 0 spiro atoms. The van der Waals surface area contributed by atoms with Crippen LogP contribution in [0, 0.1) is 0 Å². The summed E-state index contributed by atoms with van der Waals surface area (Å²) >= 11 is -1.69. The first kappa shape index (κ1) is 23.7. The van der Waals surface area contributed by atoms with Crippen LogP contribution in [0.3, 0.4) is 0 Å². The molecule has 0 saturated heterocycles. The monoisotopic (exact) mass is 401 g/mol. The van der Waals surface area contributed by atoms with Crippen molar-refractivity contribution in [2.75, 3.05) is 7.11 Å². The number of hydrogen-bond donors (Lipinski definition) is 2. The number of hydrogen-bond acceptors (Lipinski definition) is 6. The van der Waals surface area contributed by atoms with Gasteiger partial charge >= 0.3 is 0 Å². The van der Waals surface area contributed by atoms with Crippen LogP contribution in [0.2, 0.25) is 0 Å². The van der Waals surface area contributed by atoms with Gasteiger partial charge in [0, 0.05) is 12.8 Å². The molecule has 8 nitrogen and oxygen atoms in total. The highest BCUT2D eigenvalue weighted by molar-refractivity contribution is 7.78. The van der Waals surface area contributed by atoms with Crippen LogP contribution in [0.25, 0.3) is 0 Å². The summed E-state index contributed by atoms with van der Waals surface area (Å²) in [5.41, 5.74) is 0. The van der Waals surface area contributed by atoms with Gasteiger partial charge in [-0.2, -0.15) is 5.21 Å². The maximum Gasteiger partial charge on any atom is 0.263 e. The van der Waals surface area contributed by atoms with Crippen molar-refractivity contribution < 1.29 is 13.2 Å². The predicted molar refractivity (Wildman–Crippen MR) is 106 cm³/mol. The zero-order chi connectivity index (χ0) is 19.6. The third kappa shape index (κ3) is 14.4. The highest BCUT2D eigenvalue weighted by atomic mass is 32.2. The number of aryl methyl sites for hydroxylation is 1. The maximum absolute atomic E-state index is 11.4. The fraction of sp³-hybridized carbons (Fsp3) is 0.889. The Balaban J connectivity index is 1.73. The van der Waals surface area contributed by atoms with Crippen molar-refractivity contribution in [2.45, 2.75) is 96.3 Å². The van der Waals surface area contributed by atoms with Gasteiger partial charge in [-0.05, 0) is 12.8 Å². The van der Waals surface area contributed by atoms with E-state index in [1.807, 2.05) is 0 Å². The van der Waals surface area contributed by atoms with E-state index >= 15 is 0 Å². The number of carbonyl (C=O) groups is 1. The van der Waals surface area contributed by atoms with Crippen LogP contribution >= 0.6 is 0 Å². The van der Waals surface area contributed by atoms with E-state index in [9.17, 15) is 9.00 Å². The van der Waals surface area contributed by atoms with Crippen molar-refractivity contribution in [1.82, 2.24) is 25.3 Å². The molecule has 0 aromatic carbocycles. The Labute approximate surface area is 165 Å². The Bertz CT molecular complexity index is 499. The molecule has 0 bridgehead atoms. The third-order valence-electron chi connectivity index (χ3n) is 4.54. The minimum Gasteiger partial charge on any atom is -0.277 e. The number of H-pyrrole nitrogens is 1. The zero-order valence-electron chi connectivity index (χ0n) is 16.6. The number of carbonyl (C=O) groups excluding carboxylic acids is 1. The van der Waals surface area contributed by atoms with E-state index < -0.39 is 11.3 Å². The van der Waals surface area contributed by atoms with Gasteiger partial charge in [0.2, 0.25) is 5.91 Å². The molecule has 0 aliphatic heterocycles. The molecule has 0 radical (unpaired) electrons. The molecule has 9 heteroatoms. The molecule has 156 valence electrons. The molecule has 1 amide bonds. The summed E-state index contributed by atoms with van der Waals surface area (Å²) in [5, 5.41) is 14.0. The SMILES string of the molecule is COS(=O)NC(=O)CCCCCCCCCCCCCCCc1nn[nH]n1. The Hall–Kier alpha value is -1.35. The number of aromatic amines is 1. The second kappa shape index (κ2) is 16.8. The highest BCUT2D eigenvalue weighted by Crippen LogP contribution is 2.13. The molecule has 0 aliphatic carbocycles. The Morgan fingerprint density at radius 3 is 1.93 bits per heavy atom. The summed E-state index contributed by atoms with van der Waals surface area (Å²) in [4.78, 5) is 11.4. The van der Waals surface area contributed by atoms with Gasteiger partial charge < -0.3 is 0 Å². The zero-order valence-corrected chi connectivity index (χ0v) is 17.4. The van der Waals surface area contributed by atoms with E-state index in [1.54, 1.807) is 0 Å². The number of nitrogens with one attached hydrogen (secondary N) is 2. The van der Waals surface area contributed by atoms with E-state index in [1.165, 1.54) is 71.3 Å². The van der Waals surface area contributed by atoms with Crippen molar-refractivity contribution in [3.63, 3.8) is 0 Å². The van der Waals surface area contributed by atoms with Gasteiger partial charge in [-0.15, -0.1) is 10.2 Å². The third-order valence-corrected chi connectivity index (χ3v) is 5.24. The smallest absolute Gasteiger partial charge is 0.263 e. The number of tetrazole rings is 1. The number of unbranched alkanes of at least 4 members (excludes halogenated alkanes) is 12. The van der Waals surface area contributed by atoms with Crippen LogP contribution in [-0.4, -0.2) is 37.9 Å². The van der Waals surface area contributed by atoms with Gasteiger partial charge in [-0.3, -0.25) is 13.7 Å². The molecule has 1 rings (SSSR count). The minimum atomic E-state index is -1.69. The van der Waals surface area contributed by atoms with Crippen molar-refractivity contribution in [3.05, 3.63) is 5.82 Å². The van der Waals surface area contributed by atoms with Crippen LogP contribution in [0.5, 0.6) is 0 Å². The van der Waals surface area contributed by atoms with Crippen LogP contribution in [-0.2, 0) is 26.7 Å². The van der Waals surface area contributed by atoms with Gasteiger partial charge in [0.1, 0.15) is 0 Å². The Morgan fingerprint density at radius 1 is 0.926 bits per heavy atom. The van der Waals surface area contributed by atoms with Crippen LogP contribution in [0.15, 0.2) is 0 Å². The summed E-state index contributed by atoms with van der Waals surface area (Å²) < 4.78 is 17.7. The first-order valence-corrected chi connectivity index (χ1v) is 11.3. The van der Waals surface area contributed by atoms with E-state index in [0.717, 1.165) is 31.5 Å². The minimum absolute atomic E-state index is 0.204. The van der Waals surface area contributed by atoms with Crippen molar-refractivity contribution in [3.8, 4) is 0 Å². The van der Waals surface area contributed by atoms with E-state index in [-0.39, 0.29) is 5.91 Å². The Kier molecular flexibility index (Phi) is 14.7. The highest BCUT2D eigenvalue weighted by Gasteiger charge is 2.04. The van der Waals surface area contributed by atoms with Gasteiger partial charge in [-0.1, -0.05) is 75.8 Å². The summed E-state index contributed by atoms with van der Waals surface area (Å²) in [6, 6.07) is 0. The maximum atomic E-state index is 11.4. The molecular weight excluding hydrogens is 366 g/mol. The molecule has 27 heavy (non-hydrogen) atoms. The van der Waals surface area contributed by atoms with E-state index in [2.05, 4.69) is 29.5 Å². The molecular formula is C18H35N5O3S. The molecule has 1 atom stereocenters. The van der Waals surface area contributed by atoms with Gasteiger partial charge in [0.25, 0.3) is 11.3 Å². The Morgan fingerprint density at radius 2 is 1.44 bits per heavy atom. The van der Waals surface area contributed by atoms with Crippen molar-refractivity contribution in [1.29, 1.82) is 0 Å². The quantitative estimate of drug-likeness (QED) is 0.364. The van der Waals surface area contributed by atoms with Gasteiger partial charge in [0.15, 0.2) is 5.82 Å². The molecule has 0 fully saturated rings. The number of nitrogens with zero attached hydrogens (tertiary/aromatic N) is 3. The van der Waals surface area contributed by atoms with Crippen LogP contribution in [0.1, 0.15) is 95.7 Å². The number of amides is 1. The van der Waals surface area contributed by atoms with Gasteiger partial charge in [-0.25, -0.2) is 4.21 Å². The van der Waals surface area contributed by atoms with E-state index in [4.69, 9.17) is 0 Å². The second-order valence-electron chi connectivity index (χ2n) is 6.85. The average molecular weight is 402 g/mol. The lowest BCUT2D eigenvalue weighted by molar-refractivity contribution is -0.119. The van der Waals surface area contributed by atoms with Crippen LogP contribution in [0.4, 0.5) is 0 Å². The number of aromatic nitrogens is 4. The molecule has 1 unspecified atom stereocenters. The number of rotatable bonds is 18. The summed E-state index contributed by atoms with van der Waals surface area (Å²) in [6.45, 7) is 0. The molecule has 1 aromatic rings. The van der Waals surface area contributed by atoms with E-state index in [0.29, 0.717) is 6.42 Å². The second-order valence-corrected chi connectivity index (χ2v) is 7.86. The molecule has 1 aromatic heterocycles. The molecule has 2 N–H and O–H groups in total. The lowest BCUT2D eigenvalue weighted by atomic mass is 10.0. The molecule has 0 saturated carbocycles. The lowest BCUT2D eigenvalue weighted by Crippen LogP contribution is -2.25. The normalized spacial score (nSPS) is 12.2. The lowest BCUT2D eigenvalue weighted by Gasteiger charge is -2.04. The van der Waals surface area contributed by atoms with Gasteiger partial charge in [0.05, 0.1) is 7.11 Å². The summed E-state index contributed by atoms with van der Waals surface area (Å²) in [5.74, 6) is 0.616. The fourth-order valence-corrected chi connectivity index (χ4v) is 3.36. The standard InChI is InChI=1S/C18H35N5O3S/c1-26-27(25)21-18(24)16-14-12-10-8-6-4-2-3-5-7-9-11-13-15-17-19-22-23-20-17/h2-16H2,1H3,(H,21,24)(H,19,20,22,23). The molecule has 1 heterocycles. The van der Waals surface area contributed by atoms with Crippen molar-refractivity contribution >= 4 is 17.2 Å². The van der Waals surface area contributed by atoms with Crippen molar-refractivity contribution in [2.24, 2.45) is 0 Å². The van der Waals surface area contributed by atoms with Crippen LogP contribution < -0.4 is 4.72 Å². The first-order chi connectivity index (χ1) is 13.2. The summed E-state index contributed by atoms with van der Waals surface area (Å²) in [6.07, 6.45) is 17.2. The largest absolute Gasteiger partial charge is 0.277 e. The first-order valence-electron chi connectivity index (χ1n) is 10.2.